The third-order valence-electron chi connectivity index (χ3n) is 4.40. The number of thioether (sulfide) groups is 1. The molecule has 0 saturated heterocycles. The van der Waals surface area contributed by atoms with Gasteiger partial charge in [0.2, 0.25) is 0 Å². The number of rotatable bonds is 7. The van der Waals surface area contributed by atoms with Crippen molar-refractivity contribution in [2.45, 2.75) is 31.7 Å². The number of methoxy groups -OCH3 is 1. The van der Waals surface area contributed by atoms with Crippen molar-refractivity contribution in [3.63, 3.8) is 0 Å². The van der Waals surface area contributed by atoms with Crippen molar-refractivity contribution in [1.29, 1.82) is 0 Å². The summed E-state index contributed by atoms with van der Waals surface area (Å²) >= 11 is 2.81. The third kappa shape index (κ3) is 4.24. The fourth-order valence-corrected chi connectivity index (χ4v) is 4.80. The quantitative estimate of drug-likeness (QED) is 0.477. The molecule has 0 amide bonds. The maximum Gasteiger partial charge on any atom is 0.263 e. The number of aryl methyl sites for hydroxylation is 2. The minimum Gasteiger partial charge on any atom is -0.388 e. The maximum atomic E-state index is 13.1. The van der Waals surface area contributed by atoms with Gasteiger partial charge in [-0.25, -0.2) is 9.37 Å². The molecule has 1 atom stereocenters. The van der Waals surface area contributed by atoms with Gasteiger partial charge in [-0.15, -0.1) is 11.3 Å². The fourth-order valence-electron chi connectivity index (χ4n) is 2.73. The maximum absolute atomic E-state index is 13.1. The molecule has 0 bridgehead atoms. The lowest BCUT2D eigenvalue weighted by atomic mass is 10.1. The van der Waals surface area contributed by atoms with Crippen molar-refractivity contribution in [1.82, 2.24) is 9.55 Å². The Balaban J connectivity index is 1.92. The number of benzene rings is 1. The second kappa shape index (κ2) is 8.52. The predicted octanol–water partition coefficient (Wildman–Crippen LogP) is 3.69. The van der Waals surface area contributed by atoms with E-state index >= 15 is 0 Å². The zero-order valence-electron chi connectivity index (χ0n) is 15.4. The van der Waals surface area contributed by atoms with Gasteiger partial charge in [0.1, 0.15) is 10.6 Å². The lowest BCUT2D eigenvalue weighted by Gasteiger charge is -2.14. The summed E-state index contributed by atoms with van der Waals surface area (Å²) in [7, 11) is 1.59. The van der Waals surface area contributed by atoms with Crippen LogP contribution in [-0.4, -0.2) is 34.1 Å². The number of fused-ring (bicyclic) bond motifs is 1. The van der Waals surface area contributed by atoms with Crippen LogP contribution >= 0.6 is 23.1 Å². The summed E-state index contributed by atoms with van der Waals surface area (Å²) in [6, 6.07) is 5.75. The Morgan fingerprint density at radius 2 is 2.04 bits per heavy atom. The largest absolute Gasteiger partial charge is 0.388 e. The summed E-state index contributed by atoms with van der Waals surface area (Å²) in [6.07, 6.45) is -0.786. The average Bonchev–Trinajstić information content (AvgIpc) is 2.93. The lowest BCUT2D eigenvalue weighted by Crippen LogP contribution is -2.25. The first-order valence-electron chi connectivity index (χ1n) is 8.48. The molecule has 8 heteroatoms. The normalized spacial score (nSPS) is 12.6. The SMILES string of the molecule is COCCn1c(SCC(O)c2ccc(F)cc2)nc2sc(C)c(C)c2c1=O. The number of aliphatic hydroxyl groups excluding tert-OH is 1. The van der Waals surface area contributed by atoms with Crippen molar-refractivity contribution in [2.24, 2.45) is 0 Å². The van der Waals surface area contributed by atoms with Crippen molar-refractivity contribution in [3.8, 4) is 0 Å². The van der Waals surface area contributed by atoms with Crippen LogP contribution in [0.3, 0.4) is 0 Å². The summed E-state index contributed by atoms with van der Waals surface area (Å²) in [5.74, 6) is -0.0394. The van der Waals surface area contributed by atoms with Gasteiger partial charge in [0.05, 0.1) is 24.6 Å². The topological polar surface area (TPSA) is 64.3 Å². The van der Waals surface area contributed by atoms with Crippen molar-refractivity contribution in [3.05, 3.63) is 56.4 Å². The second-order valence-corrected chi connectivity index (χ2v) is 8.38. The molecule has 0 saturated carbocycles. The van der Waals surface area contributed by atoms with Crippen LogP contribution in [0.2, 0.25) is 0 Å². The molecule has 3 rings (SSSR count). The van der Waals surface area contributed by atoms with E-state index in [0.29, 0.717) is 39.8 Å². The van der Waals surface area contributed by atoms with Gasteiger partial charge in [0.25, 0.3) is 5.56 Å². The first kappa shape index (κ1) is 20.0. The van der Waals surface area contributed by atoms with Gasteiger partial charge in [0, 0.05) is 17.7 Å². The number of thiophene rings is 1. The standard InChI is InChI=1S/C19H21FN2O3S2/c1-11-12(2)27-17-16(11)18(24)22(8-9-25-3)19(21-17)26-10-15(23)13-4-6-14(20)7-5-13/h4-7,15,23H,8-10H2,1-3H3. The lowest BCUT2D eigenvalue weighted by molar-refractivity contribution is 0.183. The van der Waals surface area contributed by atoms with Crippen LogP contribution in [0.4, 0.5) is 4.39 Å². The van der Waals surface area contributed by atoms with Crippen LogP contribution in [0.1, 0.15) is 22.1 Å². The molecule has 2 aromatic heterocycles. The fraction of sp³-hybridized carbons (Fsp3) is 0.368. The van der Waals surface area contributed by atoms with Gasteiger partial charge in [-0.3, -0.25) is 9.36 Å². The molecule has 5 nitrogen and oxygen atoms in total. The van der Waals surface area contributed by atoms with Crippen LogP contribution < -0.4 is 5.56 Å². The number of nitrogens with zero attached hydrogens (tertiary/aromatic N) is 2. The van der Waals surface area contributed by atoms with E-state index in [2.05, 4.69) is 4.98 Å². The van der Waals surface area contributed by atoms with Crippen LogP contribution in [0, 0.1) is 19.7 Å². The van der Waals surface area contributed by atoms with E-state index in [9.17, 15) is 14.3 Å². The third-order valence-corrected chi connectivity index (χ3v) is 6.55. The van der Waals surface area contributed by atoms with E-state index in [0.717, 1.165) is 10.4 Å². The Bertz CT molecular complexity index is 999. The van der Waals surface area contributed by atoms with E-state index in [4.69, 9.17) is 4.74 Å². The highest BCUT2D eigenvalue weighted by molar-refractivity contribution is 7.99. The number of aliphatic hydroxyl groups is 1. The first-order valence-corrected chi connectivity index (χ1v) is 10.3. The number of ether oxygens (including phenoxy) is 1. The molecule has 3 aromatic rings. The molecule has 0 aliphatic carbocycles. The molecule has 0 aliphatic rings. The molecule has 1 aromatic carbocycles. The number of halogens is 1. The molecule has 2 heterocycles. The number of hydrogen-bond acceptors (Lipinski definition) is 6. The summed E-state index contributed by atoms with van der Waals surface area (Å²) in [4.78, 5) is 19.4. The van der Waals surface area contributed by atoms with E-state index in [1.807, 2.05) is 13.8 Å². The number of hydrogen-bond donors (Lipinski definition) is 1. The summed E-state index contributed by atoms with van der Waals surface area (Å²) in [6.45, 7) is 4.69. The summed E-state index contributed by atoms with van der Waals surface area (Å²) < 4.78 is 19.8. The highest BCUT2D eigenvalue weighted by Crippen LogP contribution is 2.29. The minimum atomic E-state index is -0.786. The first-order chi connectivity index (χ1) is 12.9. The van der Waals surface area contributed by atoms with Gasteiger partial charge in [-0.05, 0) is 37.1 Å². The zero-order chi connectivity index (χ0) is 19.6. The van der Waals surface area contributed by atoms with Crippen LogP contribution in [0.5, 0.6) is 0 Å². The Morgan fingerprint density at radius 3 is 2.70 bits per heavy atom. The predicted molar refractivity (Wildman–Crippen MR) is 107 cm³/mol. The molecule has 0 spiro atoms. The molecule has 27 heavy (non-hydrogen) atoms. The van der Waals surface area contributed by atoms with E-state index < -0.39 is 6.10 Å². The van der Waals surface area contributed by atoms with Gasteiger partial charge in [-0.2, -0.15) is 0 Å². The van der Waals surface area contributed by atoms with Gasteiger partial charge >= 0.3 is 0 Å². The molecular weight excluding hydrogens is 387 g/mol. The van der Waals surface area contributed by atoms with Gasteiger partial charge in [-0.1, -0.05) is 23.9 Å². The zero-order valence-corrected chi connectivity index (χ0v) is 17.0. The van der Waals surface area contributed by atoms with Gasteiger partial charge < -0.3 is 9.84 Å². The van der Waals surface area contributed by atoms with E-state index in [1.54, 1.807) is 23.8 Å². The Kier molecular flexibility index (Phi) is 6.31. The van der Waals surface area contributed by atoms with Crippen molar-refractivity contribution < 1.29 is 14.2 Å². The highest BCUT2D eigenvalue weighted by Gasteiger charge is 2.18. The van der Waals surface area contributed by atoms with Crippen LogP contribution in [0.25, 0.3) is 10.2 Å². The summed E-state index contributed by atoms with van der Waals surface area (Å²) in [5, 5.41) is 11.6. The monoisotopic (exact) mass is 408 g/mol. The van der Waals surface area contributed by atoms with Crippen LogP contribution in [-0.2, 0) is 11.3 Å². The Labute approximate surface area is 164 Å². The molecule has 144 valence electrons. The summed E-state index contributed by atoms with van der Waals surface area (Å²) in [5.41, 5.74) is 1.50. The molecule has 1 unspecified atom stereocenters. The number of aromatic nitrogens is 2. The molecule has 0 aliphatic heterocycles. The van der Waals surface area contributed by atoms with Crippen molar-refractivity contribution in [2.75, 3.05) is 19.5 Å². The van der Waals surface area contributed by atoms with E-state index in [1.165, 1.54) is 35.2 Å². The minimum absolute atomic E-state index is 0.0855. The average molecular weight is 409 g/mol. The molecular formula is C19H21FN2O3S2. The highest BCUT2D eigenvalue weighted by atomic mass is 32.2. The molecule has 0 fully saturated rings. The molecule has 1 N–H and O–H groups in total. The second-order valence-electron chi connectivity index (χ2n) is 6.19. The molecule has 0 radical (unpaired) electrons. The van der Waals surface area contributed by atoms with Crippen molar-refractivity contribution >= 4 is 33.3 Å². The van der Waals surface area contributed by atoms with Gasteiger partial charge in [0.15, 0.2) is 5.16 Å². The van der Waals surface area contributed by atoms with Crippen LogP contribution in [0.15, 0.2) is 34.2 Å². The van der Waals surface area contributed by atoms with E-state index in [-0.39, 0.29) is 11.4 Å². The Hall–Kier alpha value is -1.74. The Morgan fingerprint density at radius 1 is 1.33 bits per heavy atom. The smallest absolute Gasteiger partial charge is 0.263 e.